The third-order valence-corrected chi connectivity index (χ3v) is 6.44. The number of amides is 1. The summed E-state index contributed by atoms with van der Waals surface area (Å²) in [7, 11) is -3.13. The standard InChI is InChI=1S/C13H15BrN2O3S/c14-10-2-1-3-11(6-10)15-13(17)9-7-16(8-9)20(18,19)12-4-5-12/h1-3,6,9,12H,4-5,7-8H2,(H,15,17). The van der Waals surface area contributed by atoms with Gasteiger partial charge in [0, 0.05) is 23.2 Å². The van der Waals surface area contributed by atoms with Crippen molar-refractivity contribution in [3.05, 3.63) is 28.7 Å². The molecule has 1 aliphatic heterocycles. The number of sulfonamides is 1. The van der Waals surface area contributed by atoms with E-state index in [1.54, 1.807) is 6.07 Å². The van der Waals surface area contributed by atoms with E-state index in [0.717, 1.165) is 17.3 Å². The van der Waals surface area contributed by atoms with Crippen LogP contribution in [0.3, 0.4) is 0 Å². The maximum atomic E-state index is 12.0. The van der Waals surface area contributed by atoms with Crippen molar-refractivity contribution in [2.75, 3.05) is 18.4 Å². The molecule has 1 saturated heterocycles. The molecule has 1 amide bonds. The van der Waals surface area contributed by atoms with Crippen LogP contribution in [0.2, 0.25) is 0 Å². The molecule has 0 spiro atoms. The van der Waals surface area contributed by atoms with Crippen molar-refractivity contribution >= 4 is 37.5 Å². The second-order valence-corrected chi connectivity index (χ2v) is 8.39. The zero-order valence-electron chi connectivity index (χ0n) is 10.8. The number of anilines is 1. The third kappa shape index (κ3) is 2.75. The fourth-order valence-electron chi connectivity index (χ4n) is 2.20. The molecule has 0 bridgehead atoms. The normalized spacial score (nSPS) is 20.4. The number of carbonyl (C=O) groups is 1. The molecule has 1 N–H and O–H groups in total. The van der Waals surface area contributed by atoms with Gasteiger partial charge in [-0.25, -0.2) is 8.42 Å². The highest BCUT2D eigenvalue weighted by atomic mass is 79.9. The fourth-order valence-corrected chi connectivity index (χ4v) is 4.53. The Kier molecular flexibility index (Phi) is 3.60. The van der Waals surface area contributed by atoms with E-state index in [0.29, 0.717) is 18.8 Å². The SMILES string of the molecule is O=C(Nc1cccc(Br)c1)C1CN(S(=O)(=O)C2CC2)C1. The molecule has 0 atom stereocenters. The van der Waals surface area contributed by atoms with Crippen LogP contribution in [-0.4, -0.2) is 37.0 Å². The largest absolute Gasteiger partial charge is 0.326 e. The van der Waals surface area contributed by atoms with Crippen LogP contribution in [0.15, 0.2) is 28.7 Å². The summed E-state index contributed by atoms with van der Waals surface area (Å²) in [5.41, 5.74) is 0.716. The molecule has 0 radical (unpaired) electrons. The number of hydrogen-bond acceptors (Lipinski definition) is 3. The van der Waals surface area contributed by atoms with E-state index >= 15 is 0 Å². The van der Waals surface area contributed by atoms with Gasteiger partial charge < -0.3 is 5.32 Å². The molecule has 0 unspecified atom stereocenters. The highest BCUT2D eigenvalue weighted by molar-refractivity contribution is 9.10. The lowest BCUT2D eigenvalue weighted by atomic mass is 10.0. The number of nitrogens with one attached hydrogen (secondary N) is 1. The lowest BCUT2D eigenvalue weighted by molar-refractivity contribution is -0.122. The molecule has 1 aliphatic carbocycles. The molecule has 1 aromatic carbocycles. The van der Waals surface area contributed by atoms with E-state index < -0.39 is 10.0 Å². The maximum absolute atomic E-state index is 12.0. The molecule has 108 valence electrons. The third-order valence-electron chi connectivity index (χ3n) is 3.62. The molecule has 1 heterocycles. The van der Waals surface area contributed by atoms with Crippen LogP contribution in [0.1, 0.15) is 12.8 Å². The van der Waals surface area contributed by atoms with E-state index in [4.69, 9.17) is 0 Å². The molecule has 1 aromatic rings. The van der Waals surface area contributed by atoms with Gasteiger partial charge in [0.2, 0.25) is 15.9 Å². The first-order chi connectivity index (χ1) is 9.46. The quantitative estimate of drug-likeness (QED) is 0.892. The van der Waals surface area contributed by atoms with E-state index in [2.05, 4.69) is 21.2 Å². The molecule has 3 rings (SSSR count). The second kappa shape index (κ2) is 5.13. The van der Waals surface area contributed by atoms with Crippen LogP contribution >= 0.6 is 15.9 Å². The van der Waals surface area contributed by atoms with E-state index in [-0.39, 0.29) is 17.1 Å². The van der Waals surface area contributed by atoms with Gasteiger partial charge in [-0.2, -0.15) is 4.31 Å². The Labute approximate surface area is 126 Å². The Bertz CT molecular complexity index is 637. The Hall–Kier alpha value is -0.920. The summed E-state index contributed by atoms with van der Waals surface area (Å²) in [6, 6.07) is 7.34. The van der Waals surface area contributed by atoms with Crippen LogP contribution in [0.4, 0.5) is 5.69 Å². The number of halogens is 1. The summed E-state index contributed by atoms with van der Waals surface area (Å²) in [6.45, 7) is 0.608. The first-order valence-corrected chi connectivity index (χ1v) is 8.82. The van der Waals surface area contributed by atoms with Crippen LogP contribution in [-0.2, 0) is 14.8 Å². The van der Waals surface area contributed by atoms with Gasteiger partial charge in [0.25, 0.3) is 0 Å². The summed E-state index contributed by atoms with van der Waals surface area (Å²) in [5, 5.41) is 2.61. The number of benzene rings is 1. The van der Waals surface area contributed by atoms with Gasteiger partial charge in [0.05, 0.1) is 11.2 Å². The smallest absolute Gasteiger partial charge is 0.230 e. The zero-order valence-corrected chi connectivity index (χ0v) is 13.2. The fraction of sp³-hybridized carbons (Fsp3) is 0.462. The molecule has 7 heteroatoms. The zero-order chi connectivity index (χ0) is 14.3. The van der Waals surface area contributed by atoms with Crippen molar-refractivity contribution in [3.63, 3.8) is 0 Å². The van der Waals surface area contributed by atoms with Crippen molar-refractivity contribution < 1.29 is 13.2 Å². The highest BCUT2D eigenvalue weighted by Gasteiger charge is 2.46. The molecular weight excluding hydrogens is 344 g/mol. The summed E-state index contributed by atoms with van der Waals surface area (Å²) in [5.74, 6) is -0.368. The van der Waals surface area contributed by atoms with E-state index in [9.17, 15) is 13.2 Å². The van der Waals surface area contributed by atoms with Gasteiger partial charge in [0.1, 0.15) is 0 Å². The first-order valence-electron chi connectivity index (χ1n) is 6.52. The van der Waals surface area contributed by atoms with Gasteiger partial charge in [-0.1, -0.05) is 22.0 Å². The number of rotatable bonds is 4. The molecule has 2 fully saturated rings. The Morgan fingerprint density at radius 1 is 1.30 bits per heavy atom. The number of hydrogen-bond donors (Lipinski definition) is 1. The molecular formula is C13H15BrN2O3S. The summed E-state index contributed by atoms with van der Waals surface area (Å²) in [6.07, 6.45) is 1.52. The molecule has 1 saturated carbocycles. The van der Waals surface area contributed by atoms with E-state index in [1.165, 1.54) is 4.31 Å². The Morgan fingerprint density at radius 2 is 2.00 bits per heavy atom. The highest BCUT2D eigenvalue weighted by Crippen LogP contribution is 2.34. The van der Waals surface area contributed by atoms with Gasteiger partial charge in [-0.05, 0) is 31.0 Å². The summed E-state index contributed by atoms with van der Waals surface area (Å²) >= 11 is 3.34. The minimum absolute atomic E-state index is 0.120. The first kappa shape index (κ1) is 14.0. The molecule has 0 aromatic heterocycles. The van der Waals surface area contributed by atoms with Crippen LogP contribution in [0.25, 0.3) is 0 Å². The van der Waals surface area contributed by atoms with Crippen molar-refractivity contribution in [1.29, 1.82) is 0 Å². The van der Waals surface area contributed by atoms with Crippen molar-refractivity contribution in [3.8, 4) is 0 Å². The van der Waals surface area contributed by atoms with Crippen LogP contribution < -0.4 is 5.32 Å². The predicted octanol–water partition coefficient (Wildman–Crippen LogP) is 1.81. The monoisotopic (exact) mass is 358 g/mol. The van der Waals surface area contributed by atoms with Gasteiger partial charge in [-0.15, -0.1) is 0 Å². The average molecular weight is 359 g/mol. The van der Waals surface area contributed by atoms with E-state index in [1.807, 2.05) is 18.2 Å². The van der Waals surface area contributed by atoms with Gasteiger partial charge in [0.15, 0.2) is 0 Å². The van der Waals surface area contributed by atoms with Crippen molar-refractivity contribution in [1.82, 2.24) is 4.31 Å². The predicted molar refractivity (Wildman–Crippen MR) is 79.8 cm³/mol. The van der Waals surface area contributed by atoms with Crippen LogP contribution in [0.5, 0.6) is 0 Å². The second-order valence-electron chi connectivity index (χ2n) is 5.26. The maximum Gasteiger partial charge on any atom is 0.230 e. The summed E-state index contributed by atoms with van der Waals surface area (Å²) in [4.78, 5) is 12.0. The van der Waals surface area contributed by atoms with Crippen LogP contribution in [0, 0.1) is 5.92 Å². The molecule has 5 nitrogen and oxygen atoms in total. The minimum Gasteiger partial charge on any atom is -0.326 e. The minimum atomic E-state index is -3.13. The number of nitrogens with zero attached hydrogens (tertiary/aromatic N) is 1. The summed E-state index contributed by atoms with van der Waals surface area (Å²) < 4.78 is 26.2. The van der Waals surface area contributed by atoms with Crippen molar-refractivity contribution in [2.45, 2.75) is 18.1 Å². The van der Waals surface area contributed by atoms with Gasteiger partial charge in [-0.3, -0.25) is 4.79 Å². The lowest BCUT2D eigenvalue weighted by Crippen LogP contribution is -2.55. The van der Waals surface area contributed by atoms with Crippen molar-refractivity contribution in [2.24, 2.45) is 5.92 Å². The molecule has 2 aliphatic rings. The topological polar surface area (TPSA) is 66.5 Å². The average Bonchev–Trinajstić information content (AvgIpc) is 3.09. The van der Waals surface area contributed by atoms with Gasteiger partial charge >= 0.3 is 0 Å². The Balaban J connectivity index is 1.56. The molecule has 20 heavy (non-hydrogen) atoms. The lowest BCUT2D eigenvalue weighted by Gasteiger charge is -2.37. The number of carbonyl (C=O) groups excluding carboxylic acids is 1. The Morgan fingerprint density at radius 3 is 2.60 bits per heavy atom.